The van der Waals surface area contributed by atoms with Gasteiger partial charge in [0.2, 0.25) is 0 Å². The number of ether oxygens (including phenoxy) is 2. The number of para-hydroxylation sites is 2. The van der Waals surface area contributed by atoms with Crippen LogP contribution in [0.1, 0.15) is 15.9 Å². The molecule has 0 spiro atoms. The monoisotopic (exact) mass is 476 g/mol. The summed E-state index contributed by atoms with van der Waals surface area (Å²) >= 11 is 1.13. The van der Waals surface area contributed by atoms with Crippen molar-refractivity contribution in [1.29, 1.82) is 0 Å². The minimum Gasteiger partial charge on any atom is -0.493 e. The second-order valence-corrected chi connectivity index (χ2v) is 8.41. The Hall–Kier alpha value is -3.60. The molecule has 33 heavy (non-hydrogen) atoms. The van der Waals surface area contributed by atoms with Gasteiger partial charge in [0.15, 0.2) is 16.5 Å². The highest BCUT2D eigenvalue weighted by Crippen LogP contribution is 2.39. The summed E-state index contributed by atoms with van der Waals surface area (Å²) in [5.41, 5.74) is -1.76. The molecule has 170 valence electrons. The third-order valence-corrected chi connectivity index (χ3v) is 6.35. The Morgan fingerprint density at radius 3 is 2.70 bits per heavy atom. The molecular weight excluding hydrogens is 461 g/mol. The Bertz CT molecular complexity index is 1440. The Balaban J connectivity index is 1.30. The molecule has 0 atom stereocenters. The normalized spacial score (nSPS) is 14.5. The number of carbonyl (C=O) groups excluding carboxylic acids is 1. The topological polar surface area (TPSA) is 81.9 Å². The quantitative estimate of drug-likeness (QED) is 0.317. The van der Waals surface area contributed by atoms with Crippen molar-refractivity contribution in [3.63, 3.8) is 0 Å². The van der Waals surface area contributed by atoms with E-state index in [4.69, 9.17) is 13.9 Å². The second kappa shape index (κ2) is 7.77. The number of aromatic nitrogens is 1. The lowest BCUT2D eigenvalue weighted by molar-refractivity contribution is -0.136. The van der Waals surface area contributed by atoms with E-state index >= 15 is 0 Å². The zero-order chi connectivity index (χ0) is 23.3. The minimum atomic E-state index is -4.50. The minimum absolute atomic E-state index is 0.102. The molecule has 1 saturated heterocycles. The van der Waals surface area contributed by atoms with Crippen LogP contribution in [0.5, 0.6) is 5.75 Å². The van der Waals surface area contributed by atoms with E-state index in [2.05, 4.69) is 4.98 Å². The van der Waals surface area contributed by atoms with Crippen LogP contribution in [0.25, 0.3) is 21.2 Å². The number of esters is 1. The molecule has 5 rings (SSSR count). The second-order valence-electron chi connectivity index (χ2n) is 7.40. The van der Waals surface area contributed by atoms with Crippen molar-refractivity contribution in [2.24, 2.45) is 0 Å². The van der Waals surface area contributed by atoms with Crippen molar-refractivity contribution in [3.05, 3.63) is 64.0 Å². The van der Waals surface area contributed by atoms with E-state index < -0.39 is 29.4 Å². The lowest BCUT2D eigenvalue weighted by Gasteiger charge is -2.38. The molecule has 4 aromatic rings. The number of halogens is 3. The van der Waals surface area contributed by atoms with E-state index in [9.17, 15) is 22.8 Å². The molecule has 2 aromatic heterocycles. The maximum absolute atomic E-state index is 13.2. The smallest absolute Gasteiger partial charge is 0.418 e. The van der Waals surface area contributed by atoms with Crippen LogP contribution in [0.15, 0.2) is 51.7 Å². The first kappa shape index (κ1) is 21.3. The third-order valence-electron chi connectivity index (χ3n) is 5.27. The van der Waals surface area contributed by atoms with Crippen LogP contribution in [0.4, 0.5) is 18.3 Å². The predicted octanol–water partition coefficient (Wildman–Crippen LogP) is 4.48. The van der Waals surface area contributed by atoms with Gasteiger partial charge < -0.3 is 18.8 Å². The first-order chi connectivity index (χ1) is 15.7. The van der Waals surface area contributed by atoms with Gasteiger partial charge in [-0.3, -0.25) is 0 Å². The Kier molecular flexibility index (Phi) is 5.00. The number of alkyl halides is 3. The summed E-state index contributed by atoms with van der Waals surface area (Å²) in [6.07, 6.45) is -5.03. The van der Waals surface area contributed by atoms with Gasteiger partial charge in [0.05, 0.1) is 36.0 Å². The Labute approximate surface area is 188 Å². The molecule has 1 fully saturated rings. The number of thiazole rings is 1. The SMILES string of the molecule is COc1cccc2cc(C(=O)OC3CN(c4nc5c(C(F)(F)F)cccc5s4)C3)c(=O)oc12. The molecule has 0 amide bonds. The van der Waals surface area contributed by atoms with Crippen LogP contribution in [0.2, 0.25) is 0 Å². The van der Waals surface area contributed by atoms with Crippen LogP contribution < -0.4 is 15.3 Å². The number of carbonyl (C=O) groups is 1. The number of nitrogens with zero attached hydrogens (tertiary/aromatic N) is 2. The Morgan fingerprint density at radius 1 is 1.21 bits per heavy atom. The molecule has 3 heterocycles. The van der Waals surface area contributed by atoms with Crippen molar-refractivity contribution in [1.82, 2.24) is 4.98 Å². The first-order valence-electron chi connectivity index (χ1n) is 9.78. The van der Waals surface area contributed by atoms with Crippen molar-refractivity contribution < 1.29 is 31.9 Å². The van der Waals surface area contributed by atoms with Gasteiger partial charge in [-0.25, -0.2) is 14.6 Å². The fourth-order valence-corrected chi connectivity index (χ4v) is 4.62. The van der Waals surface area contributed by atoms with Gasteiger partial charge >= 0.3 is 17.8 Å². The molecule has 0 bridgehead atoms. The van der Waals surface area contributed by atoms with Gasteiger partial charge in [0, 0.05) is 5.39 Å². The average Bonchev–Trinajstić information content (AvgIpc) is 3.17. The van der Waals surface area contributed by atoms with Gasteiger partial charge in [-0.05, 0) is 24.3 Å². The number of rotatable bonds is 4. The van der Waals surface area contributed by atoms with Crippen molar-refractivity contribution in [2.45, 2.75) is 12.3 Å². The number of hydrogen-bond acceptors (Lipinski definition) is 8. The van der Waals surface area contributed by atoms with Gasteiger partial charge in [-0.1, -0.05) is 29.5 Å². The lowest BCUT2D eigenvalue weighted by atomic mass is 10.1. The van der Waals surface area contributed by atoms with Crippen LogP contribution >= 0.6 is 11.3 Å². The van der Waals surface area contributed by atoms with E-state index in [0.717, 1.165) is 17.4 Å². The molecule has 0 unspecified atom stereocenters. The van der Waals surface area contributed by atoms with Gasteiger partial charge in [-0.15, -0.1) is 0 Å². The number of fused-ring (bicyclic) bond motifs is 2. The van der Waals surface area contributed by atoms with Crippen molar-refractivity contribution in [3.8, 4) is 5.75 Å². The summed E-state index contributed by atoms with van der Waals surface area (Å²) in [4.78, 5) is 30.7. The molecule has 1 aliphatic rings. The van der Waals surface area contributed by atoms with Gasteiger partial charge in [0.25, 0.3) is 0 Å². The summed E-state index contributed by atoms with van der Waals surface area (Å²) in [5.74, 6) is -0.467. The fraction of sp³-hybridized carbons (Fsp3) is 0.227. The van der Waals surface area contributed by atoms with Crippen LogP contribution in [-0.4, -0.2) is 37.3 Å². The largest absolute Gasteiger partial charge is 0.493 e. The maximum atomic E-state index is 13.2. The average molecular weight is 476 g/mol. The standard InChI is InChI=1S/C22H15F3N2O5S/c1-30-15-6-2-4-11-8-13(20(29)32-18(11)15)19(28)31-12-9-27(10-12)21-26-17-14(22(23,24)25)5-3-7-16(17)33-21/h2-8,12H,9-10H2,1H3. The maximum Gasteiger partial charge on any atom is 0.418 e. The van der Waals surface area contributed by atoms with E-state index in [1.165, 1.54) is 19.2 Å². The number of hydrogen-bond donors (Lipinski definition) is 0. The van der Waals surface area contributed by atoms with Crippen molar-refractivity contribution >= 4 is 43.6 Å². The number of methoxy groups -OCH3 is 1. The first-order valence-corrected chi connectivity index (χ1v) is 10.6. The highest BCUT2D eigenvalue weighted by atomic mass is 32.1. The number of anilines is 1. The zero-order valence-corrected chi connectivity index (χ0v) is 17.8. The molecule has 0 N–H and O–H groups in total. The van der Waals surface area contributed by atoms with E-state index in [-0.39, 0.29) is 29.8 Å². The number of benzene rings is 2. The third kappa shape index (κ3) is 3.78. The fourth-order valence-electron chi connectivity index (χ4n) is 3.61. The highest BCUT2D eigenvalue weighted by molar-refractivity contribution is 7.22. The van der Waals surface area contributed by atoms with Crippen LogP contribution in [0.3, 0.4) is 0 Å². The summed E-state index contributed by atoms with van der Waals surface area (Å²) < 4.78 is 55.9. The van der Waals surface area contributed by atoms with E-state index in [1.54, 1.807) is 29.2 Å². The van der Waals surface area contributed by atoms with E-state index in [0.29, 0.717) is 21.0 Å². The predicted molar refractivity (Wildman–Crippen MR) is 115 cm³/mol. The van der Waals surface area contributed by atoms with Crippen LogP contribution in [0, 0.1) is 0 Å². The Morgan fingerprint density at radius 2 is 1.97 bits per heavy atom. The molecule has 0 saturated carbocycles. The summed E-state index contributed by atoms with van der Waals surface area (Å²) in [7, 11) is 1.44. The molecule has 11 heteroatoms. The van der Waals surface area contributed by atoms with Crippen molar-refractivity contribution in [2.75, 3.05) is 25.1 Å². The molecule has 0 radical (unpaired) electrons. The zero-order valence-electron chi connectivity index (χ0n) is 17.0. The molecule has 0 aliphatic carbocycles. The summed E-state index contributed by atoms with van der Waals surface area (Å²) in [5, 5.41) is 0.914. The lowest BCUT2D eigenvalue weighted by Crippen LogP contribution is -2.53. The molecule has 1 aliphatic heterocycles. The van der Waals surface area contributed by atoms with E-state index in [1.807, 2.05) is 0 Å². The highest BCUT2D eigenvalue weighted by Gasteiger charge is 2.36. The molecule has 7 nitrogen and oxygen atoms in total. The molecule has 2 aromatic carbocycles. The van der Waals surface area contributed by atoms with Crippen LogP contribution in [-0.2, 0) is 10.9 Å². The van der Waals surface area contributed by atoms with Gasteiger partial charge in [0.1, 0.15) is 11.7 Å². The summed E-state index contributed by atoms with van der Waals surface area (Å²) in [6, 6.07) is 10.3. The van der Waals surface area contributed by atoms with Gasteiger partial charge in [-0.2, -0.15) is 13.2 Å². The molecular formula is C22H15F3N2O5S. The summed E-state index contributed by atoms with van der Waals surface area (Å²) in [6.45, 7) is 0.499.